The minimum atomic E-state index is -4.85. The van der Waals surface area contributed by atoms with Crippen molar-refractivity contribution >= 4 is 34.7 Å². The van der Waals surface area contributed by atoms with Gasteiger partial charge in [-0.3, -0.25) is 25.0 Å². The molecule has 7 rings (SSSR count). The van der Waals surface area contributed by atoms with E-state index in [0.29, 0.717) is 51.8 Å². The van der Waals surface area contributed by atoms with Crippen LogP contribution in [0.25, 0.3) is 23.0 Å². The molecule has 2 unspecified atom stereocenters. The highest BCUT2D eigenvalue weighted by Crippen LogP contribution is 2.45. The van der Waals surface area contributed by atoms with Crippen molar-refractivity contribution in [2.24, 2.45) is 11.0 Å². The number of fused-ring (bicyclic) bond motifs is 2. The van der Waals surface area contributed by atoms with E-state index in [2.05, 4.69) is 10.1 Å². The van der Waals surface area contributed by atoms with Gasteiger partial charge in [0.25, 0.3) is 17.3 Å². The number of alkyl halides is 3. The van der Waals surface area contributed by atoms with Crippen molar-refractivity contribution in [3.05, 3.63) is 139 Å². The van der Waals surface area contributed by atoms with Crippen LogP contribution in [0.4, 0.5) is 24.5 Å². The lowest BCUT2D eigenvalue weighted by atomic mass is 9.77. The Balaban J connectivity index is 1.34. The highest BCUT2D eigenvalue weighted by atomic mass is 19.4. The minimum absolute atomic E-state index is 0.0480. The average Bonchev–Trinajstić information content (AvgIpc) is 3.73. The summed E-state index contributed by atoms with van der Waals surface area (Å²) in [4.78, 5) is 40.9. The van der Waals surface area contributed by atoms with Crippen LogP contribution in [0.5, 0.6) is 0 Å². The molecule has 12 nitrogen and oxygen atoms in total. The lowest BCUT2D eigenvalue weighted by Gasteiger charge is -2.29. The maximum Gasteiger partial charge on any atom is 0.433 e. The Morgan fingerprint density at radius 3 is 2.31 bits per heavy atom. The van der Waals surface area contributed by atoms with Crippen LogP contribution in [-0.4, -0.2) is 41.1 Å². The van der Waals surface area contributed by atoms with Crippen LogP contribution >= 0.6 is 0 Å². The molecule has 52 heavy (non-hydrogen) atoms. The van der Waals surface area contributed by atoms with Crippen molar-refractivity contribution in [2.75, 3.05) is 0 Å². The van der Waals surface area contributed by atoms with E-state index in [1.54, 1.807) is 36.4 Å². The van der Waals surface area contributed by atoms with Crippen molar-refractivity contribution in [3.63, 3.8) is 0 Å². The molecule has 2 atom stereocenters. The third-order valence-corrected chi connectivity index (χ3v) is 9.36. The first kappa shape index (κ1) is 34.2. The third-order valence-electron chi connectivity index (χ3n) is 9.36. The molecule has 0 saturated heterocycles. The van der Waals surface area contributed by atoms with E-state index in [9.17, 15) is 38.2 Å². The molecule has 3 heterocycles. The monoisotopic (exact) mass is 709 g/mol. The normalized spacial score (nSPS) is 18.2. The Hall–Kier alpha value is -6.25. The van der Waals surface area contributed by atoms with E-state index in [-0.39, 0.29) is 34.3 Å². The highest BCUT2D eigenvalue weighted by Gasteiger charge is 2.45. The summed E-state index contributed by atoms with van der Waals surface area (Å²) < 4.78 is 44.0. The molecule has 2 aliphatic rings. The maximum atomic E-state index is 14.5. The van der Waals surface area contributed by atoms with Crippen LogP contribution in [0.2, 0.25) is 0 Å². The Labute approximate surface area is 294 Å². The van der Waals surface area contributed by atoms with Gasteiger partial charge in [0.1, 0.15) is 0 Å². The summed E-state index contributed by atoms with van der Waals surface area (Å²) in [5.41, 5.74) is 1.69. The molecule has 0 N–H and O–H groups in total. The first-order valence-corrected chi connectivity index (χ1v) is 16.5. The molecular weight excluding hydrogens is 679 g/mol. The number of carbonyl (C=O) groups is 1. The number of nitrogens with zero attached hydrogens (tertiary/aromatic N) is 7. The van der Waals surface area contributed by atoms with Crippen molar-refractivity contribution in [1.82, 2.24) is 19.6 Å². The molecule has 0 bridgehead atoms. The van der Waals surface area contributed by atoms with E-state index in [4.69, 9.17) is 5.10 Å². The second-order valence-electron chi connectivity index (χ2n) is 13.1. The zero-order valence-electron chi connectivity index (χ0n) is 27.8. The zero-order chi connectivity index (χ0) is 36.9. The number of rotatable bonds is 7. The Kier molecular flexibility index (Phi) is 8.64. The van der Waals surface area contributed by atoms with Gasteiger partial charge < -0.3 is 0 Å². The fourth-order valence-corrected chi connectivity index (χ4v) is 6.84. The van der Waals surface area contributed by atoms with E-state index in [1.165, 1.54) is 36.4 Å². The van der Waals surface area contributed by atoms with E-state index in [1.807, 2.05) is 26.0 Å². The number of amides is 1. The van der Waals surface area contributed by atoms with Gasteiger partial charge in [0.15, 0.2) is 17.0 Å². The van der Waals surface area contributed by atoms with Gasteiger partial charge in [0.2, 0.25) is 0 Å². The largest absolute Gasteiger partial charge is 0.433 e. The molecule has 5 aromatic rings. The number of nitro groups is 2. The molecule has 0 radical (unpaired) electrons. The number of hydrogen-bond donors (Lipinski definition) is 0. The second kappa shape index (κ2) is 13.1. The number of non-ortho nitro benzene ring substituents is 2. The Bertz CT molecular complexity index is 2310. The van der Waals surface area contributed by atoms with Gasteiger partial charge in [-0.1, -0.05) is 62.4 Å². The van der Waals surface area contributed by atoms with Crippen molar-refractivity contribution < 1.29 is 27.8 Å². The highest BCUT2D eigenvalue weighted by molar-refractivity contribution is 6.09. The van der Waals surface area contributed by atoms with Gasteiger partial charge in [-0.05, 0) is 59.6 Å². The van der Waals surface area contributed by atoms with Gasteiger partial charge in [0, 0.05) is 41.8 Å². The summed E-state index contributed by atoms with van der Waals surface area (Å²) in [6.07, 6.45) is -1.34. The lowest BCUT2D eigenvalue weighted by Crippen LogP contribution is -2.32. The summed E-state index contributed by atoms with van der Waals surface area (Å²) in [6, 6.07) is 20.1. The van der Waals surface area contributed by atoms with Gasteiger partial charge in [-0.15, -0.1) is 0 Å². The Morgan fingerprint density at radius 2 is 1.63 bits per heavy atom. The summed E-state index contributed by atoms with van der Waals surface area (Å²) in [5, 5.41) is 33.1. The van der Waals surface area contributed by atoms with Crippen molar-refractivity contribution in [3.8, 4) is 11.3 Å². The number of allylic oxidation sites excluding steroid dienone is 1. The van der Waals surface area contributed by atoms with Gasteiger partial charge in [-0.25, -0.2) is 14.5 Å². The second-order valence-corrected chi connectivity index (χ2v) is 13.1. The zero-order valence-corrected chi connectivity index (χ0v) is 27.8. The van der Waals surface area contributed by atoms with Gasteiger partial charge in [-0.2, -0.15) is 23.4 Å². The molecule has 1 aliphatic carbocycles. The molecule has 3 aromatic carbocycles. The minimum Gasteiger partial charge on any atom is -0.265 e. The van der Waals surface area contributed by atoms with Crippen LogP contribution < -0.4 is 0 Å². The van der Waals surface area contributed by atoms with Crippen LogP contribution in [-0.2, 0) is 6.18 Å². The molecule has 15 heteroatoms. The first-order valence-electron chi connectivity index (χ1n) is 16.5. The fraction of sp³-hybridized carbons (Fsp3) is 0.243. The lowest BCUT2D eigenvalue weighted by molar-refractivity contribution is -0.385. The maximum absolute atomic E-state index is 14.5. The fourth-order valence-electron chi connectivity index (χ4n) is 6.84. The molecular formula is C37H30F3N7O5. The summed E-state index contributed by atoms with van der Waals surface area (Å²) in [5.74, 6) is -1.05. The van der Waals surface area contributed by atoms with E-state index >= 15 is 0 Å². The van der Waals surface area contributed by atoms with Crippen LogP contribution in [0.1, 0.15) is 77.9 Å². The molecule has 1 fully saturated rings. The van der Waals surface area contributed by atoms with E-state index < -0.39 is 39.6 Å². The number of benzene rings is 3. The third kappa shape index (κ3) is 6.40. The van der Waals surface area contributed by atoms with Crippen LogP contribution in [0.15, 0.2) is 95.6 Å². The number of aromatic nitrogens is 3. The molecule has 264 valence electrons. The van der Waals surface area contributed by atoms with Crippen molar-refractivity contribution in [1.29, 1.82) is 0 Å². The number of hydrazone groups is 1. The predicted octanol–water partition coefficient (Wildman–Crippen LogP) is 8.79. The average molecular weight is 710 g/mol. The number of hydrogen-bond acceptors (Lipinski definition) is 8. The molecule has 2 aromatic heterocycles. The molecule has 0 spiro atoms. The molecule has 1 saturated carbocycles. The predicted molar refractivity (Wildman–Crippen MR) is 185 cm³/mol. The topological polar surface area (TPSA) is 149 Å². The van der Waals surface area contributed by atoms with Gasteiger partial charge >= 0.3 is 6.18 Å². The molecule has 1 amide bonds. The Morgan fingerprint density at radius 1 is 0.942 bits per heavy atom. The quantitative estimate of drug-likeness (QED) is 0.121. The summed E-state index contributed by atoms with van der Waals surface area (Å²) in [6.45, 7) is 4.01. The van der Waals surface area contributed by atoms with Crippen molar-refractivity contribution in [2.45, 2.75) is 51.2 Å². The number of nitro benzene ring substituents is 2. The van der Waals surface area contributed by atoms with E-state index in [0.717, 1.165) is 16.6 Å². The summed E-state index contributed by atoms with van der Waals surface area (Å²) >= 11 is 0. The molecule has 1 aliphatic heterocycles. The standard InChI is InChI=1S/C37H30F3N7O5/c1-21(2)23-12-14-24(15-13-23)30-19-32(37(38,39)40)44-33(41-30)20-31(42-44)36(48)45-35(26-8-4-10-28(18-26)47(51)52)29-11-5-7-25(34(29)43-45)16-22-6-3-9-27(17-22)46(49)50/h3-4,6,8-10,12-21,29,35H,5,7,11H2,1-2H3/b25-16+. The number of halogens is 3. The first-order chi connectivity index (χ1) is 24.8. The SMILES string of the molecule is CC(C)c1ccc(-c2cc(C(F)(F)F)n3nc(C(=O)N4N=C5/C(=C/c6cccc([N+](=O)[O-])c6)CCCC5C4c4cccc([N+](=O)[O-])c4)cc3n2)cc1. The van der Waals surface area contributed by atoms with Crippen LogP contribution in [0, 0.1) is 26.1 Å². The van der Waals surface area contributed by atoms with Crippen LogP contribution in [0.3, 0.4) is 0 Å². The number of carbonyl (C=O) groups excluding carboxylic acids is 1. The van der Waals surface area contributed by atoms with Gasteiger partial charge in [0.05, 0.1) is 27.3 Å². The summed E-state index contributed by atoms with van der Waals surface area (Å²) in [7, 11) is 0. The smallest absolute Gasteiger partial charge is 0.265 e.